The second-order valence-electron chi connectivity index (χ2n) is 2.55. The Labute approximate surface area is 75.0 Å². The van der Waals surface area contributed by atoms with Crippen molar-refractivity contribution in [3.63, 3.8) is 0 Å². The fraction of sp³-hybridized carbons (Fsp3) is 0. The van der Waals surface area contributed by atoms with Crippen molar-refractivity contribution in [3.05, 3.63) is 36.0 Å². The highest BCUT2D eigenvalue weighted by Gasteiger charge is 2.05. The molecule has 0 spiro atoms. The van der Waals surface area contributed by atoms with E-state index in [1.807, 2.05) is 24.4 Å². The summed E-state index contributed by atoms with van der Waals surface area (Å²) in [5, 5.41) is 0.734. The molecule has 0 saturated heterocycles. The summed E-state index contributed by atoms with van der Waals surface area (Å²) >= 11 is 3.79. The smallest absolute Gasteiger partial charge is 0.217 e. The number of thiol groups is 1. The van der Waals surface area contributed by atoms with E-state index in [2.05, 4.69) is 17.6 Å². The van der Waals surface area contributed by atoms with Crippen LogP contribution in [-0.2, 0) is 0 Å². The third-order valence-electron chi connectivity index (χ3n) is 1.83. The van der Waals surface area contributed by atoms with Gasteiger partial charge in [-0.25, -0.2) is 0 Å². The van der Waals surface area contributed by atoms with Crippen molar-refractivity contribution in [1.29, 1.82) is 0 Å². The zero-order valence-electron chi connectivity index (χ0n) is 6.24. The second kappa shape index (κ2) is 2.68. The van der Waals surface area contributed by atoms with Crippen molar-refractivity contribution in [2.75, 3.05) is 0 Å². The van der Waals surface area contributed by atoms with Crippen molar-refractivity contribution in [1.82, 2.24) is 4.98 Å². The molecule has 3 heteroatoms. The Morgan fingerprint density at radius 1 is 1.33 bits per heavy atom. The number of carbonyl (C=O) groups excluding carboxylic acids is 1. The van der Waals surface area contributed by atoms with Crippen molar-refractivity contribution in [2.45, 2.75) is 0 Å². The lowest BCUT2D eigenvalue weighted by molar-refractivity contribution is 0.109. The summed E-state index contributed by atoms with van der Waals surface area (Å²) in [6, 6.07) is 7.40. The van der Waals surface area contributed by atoms with Crippen LogP contribution in [0.2, 0.25) is 0 Å². The molecule has 0 amide bonds. The maximum atomic E-state index is 11.0. The molecule has 2 aromatic rings. The molecule has 1 heterocycles. The minimum Gasteiger partial charge on any atom is -0.361 e. The van der Waals surface area contributed by atoms with E-state index >= 15 is 0 Å². The standard InChI is InChI=1S/C9H7NOS/c11-9(12)7-2-1-3-8-6(7)4-5-10-8/h1-5,10H,(H,11,12). The molecule has 2 rings (SSSR count). The molecule has 0 unspecified atom stereocenters. The van der Waals surface area contributed by atoms with Crippen LogP contribution in [0.3, 0.4) is 0 Å². The van der Waals surface area contributed by atoms with E-state index in [9.17, 15) is 4.79 Å². The molecule has 12 heavy (non-hydrogen) atoms. The van der Waals surface area contributed by atoms with Crippen molar-refractivity contribution in [2.24, 2.45) is 0 Å². The highest BCUT2D eigenvalue weighted by atomic mass is 32.1. The molecule has 0 aliphatic rings. The van der Waals surface area contributed by atoms with E-state index in [-0.39, 0.29) is 5.12 Å². The molecule has 1 N–H and O–H groups in total. The fourth-order valence-corrected chi connectivity index (χ4v) is 1.47. The van der Waals surface area contributed by atoms with Gasteiger partial charge in [0.05, 0.1) is 0 Å². The van der Waals surface area contributed by atoms with Crippen LogP contribution >= 0.6 is 12.6 Å². The van der Waals surface area contributed by atoms with Crippen LogP contribution in [0.4, 0.5) is 0 Å². The summed E-state index contributed by atoms with van der Waals surface area (Å²) in [4.78, 5) is 14.0. The van der Waals surface area contributed by atoms with E-state index < -0.39 is 0 Å². The van der Waals surface area contributed by atoms with Gasteiger partial charge in [0.2, 0.25) is 5.12 Å². The first-order valence-corrected chi connectivity index (χ1v) is 4.03. The Morgan fingerprint density at radius 3 is 2.92 bits per heavy atom. The molecular formula is C9H7NOS. The summed E-state index contributed by atoms with van der Waals surface area (Å²) in [5.74, 6) is 0. The number of rotatable bonds is 1. The van der Waals surface area contributed by atoms with Crippen LogP contribution in [0.5, 0.6) is 0 Å². The zero-order chi connectivity index (χ0) is 8.55. The van der Waals surface area contributed by atoms with Gasteiger partial charge in [-0.2, -0.15) is 0 Å². The van der Waals surface area contributed by atoms with Crippen LogP contribution in [0.1, 0.15) is 10.4 Å². The lowest BCUT2D eigenvalue weighted by atomic mass is 10.1. The Bertz CT molecular complexity index is 433. The summed E-state index contributed by atoms with van der Waals surface area (Å²) in [5.41, 5.74) is 1.62. The van der Waals surface area contributed by atoms with Gasteiger partial charge >= 0.3 is 0 Å². The normalized spacial score (nSPS) is 10.4. The molecule has 0 saturated carbocycles. The van der Waals surface area contributed by atoms with E-state index in [1.165, 1.54) is 0 Å². The number of carbonyl (C=O) groups is 1. The largest absolute Gasteiger partial charge is 0.361 e. The Kier molecular flexibility index (Phi) is 1.66. The highest BCUT2D eigenvalue weighted by molar-refractivity contribution is 7.97. The minimum absolute atomic E-state index is 0.194. The summed E-state index contributed by atoms with van der Waals surface area (Å²) in [6.07, 6.45) is 1.81. The van der Waals surface area contributed by atoms with E-state index in [4.69, 9.17) is 0 Å². The number of benzene rings is 1. The zero-order valence-corrected chi connectivity index (χ0v) is 7.14. The highest BCUT2D eigenvalue weighted by Crippen LogP contribution is 2.18. The van der Waals surface area contributed by atoms with Gasteiger partial charge in [-0.3, -0.25) is 4.79 Å². The van der Waals surface area contributed by atoms with Crippen molar-refractivity contribution >= 4 is 28.6 Å². The van der Waals surface area contributed by atoms with E-state index in [0.717, 1.165) is 10.9 Å². The van der Waals surface area contributed by atoms with Gasteiger partial charge in [0.1, 0.15) is 0 Å². The van der Waals surface area contributed by atoms with Gasteiger partial charge in [0.25, 0.3) is 0 Å². The Balaban J connectivity index is 2.82. The molecule has 60 valence electrons. The molecule has 0 bridgehead atoms. The predicted octanol–water partition coefficient (Wildman–Crippen LogP) is 2.24. The first-order valence-electron chi connectivity index (χ1n) is 3.58. The Hall–Kier alpha value is -1.22. The number of aromatic nitrogens is 1. The lowest BCUT2D eigenvalue weighted by Gasteiger charge is -1.95. The first-order chi connectivity index (χ1) is 5.79. The number of aromatic amines is 1. The van der Waals surface area contributed by atoms with Crippen LogP contribution in [0.15, 0.2) is 30.5 Å². The van der Waals surface area contributed by atoms with Crippen LogP contribution in [0, 0.1) is 0 Å². The first kappa shape index (κ1) is 7.43. The predicted molar refractivity (Wildman–Crippen MR) is 51.6 cm³/mol. The molecule has 1 aromatic carbocycles. The molecule has 0 fully saturated rings. The van der Waals surface area contributed by atoms with Gasteiger partial charge in [-0.1, -0.05) is 6.07 Å². The quantitative estimate of drug-likeness (QED) is 0.643. The van der Waals surface area contributed by atoms with Crippen LogP contribution in [0.25, 0.3) is 10.9 Å². The number of nitrogens with one attached hydrogen (secondary N) is 1. The number of H-pyrrole nitrogens is 1. The molecule has 1 aromatic heterocycles. The maximum absolute atomic E-state index is 11.0. The third kappa shape index (κ3) is 1.02. The van der Waals surface area contributed by atoms with Gasteiger partial charge in [-0.05, 0) is 18.2 Å². The fourth-order valence-electron chi connectivity index (χ4n) is 1.27. The topological polar surface area (TPSA) is 32.9 Å². The van der Waals surface area contributed by atoms with Gasteiger partial charge in [0, 0.05) is 22.7 Å². The average molecular weight is 177 g/mol. The second-order valence-corrected chi connectivity index (χ2v) is 2.96. The van der Waals surface area contributed by atoms with Gasteiger partial charge in [-0.15, -0.1) is 12.6 Å². The molecular weight excluding hydrogens is 170 g/mol. The molecule has 2 nitrogen and oxygen atoms in total. The molecule has 0 radical (unpaired) electrons. The SMILES string of the molecule is O=C(S)c1cccc2[nH]ccc12. The molecule has 0 aliphatic carbocycles. The summed E-state index contributed by atoms with van der Waals surface area (Å²) < 4.78 is 0. The lowest BCUT2D eigenvalue weighted by Crippen LogP contribution is -1.88. The van der Waals surface area contributed by atoms with Gasteiger partial charge in [0.15, 0.2) is 0 Å². The average Bonchev–Trinajstić information content (AvgIpc) is 2.49. The van der Waals surface area contributed by atoms with Crippen molar-refractivity contribution in [3.8, 4) is 0 Å². The number of fused-ring (bicyclic) bond motifs is 1. The van der Waals surface area contributed by atoms with E-state index in [1.54, 1.807) is 6.07 Å². The van der Waals surface area contributed by atoms with Gasteiger partial charge < -0.3 is 4.98 Å². The third-order valence-corrected chi connectivity index (χ3v) is 2.07. The van der Waals surface area contributed by atoms with Crippen molar-refractivity contribution < 1.29 is 4.79 Å². The maximum Gasteiger partial charge on any atom is 0.217 e. The number of hydrogen-bond acceptors (Lipinski definition) is 1. The number of hydrogen-bond donors (Lipinski definition) is 2. The monoisotopic (exact) mass is 177 g/mol. The minimum atomic E-state index is -0.194. The summed E-state index contributed by atoms with van der Waals surface area (Å²) in [7, 11) is 0. The van der Waals surface area contributed by atoms with E-state index in [0.29, 0.717) is 5.56 Å². The Morgan fingerprint density at radius 2 is 2.17 bits per heavy atom. The van der Waals surface area contributed by atoms with Crippen LogP contribution < -0.4 is 0 Å². The van der Waals surface area contributed by atoms with Crippen LogP contribution in [-0.4, -0.2) is 10.1 Å². The molecule has 0 aliphatic heterocycles. The molecule has 0 atom stereocenters. The summed E-state index contributed by atoms with van der Waals surface area (Å²) in [6.45, 7) is 0.